The van der Waals surface area contributed by atoms with Gasteiger partial charge >= 0.3 is 0 Å². The summed E-state index contributed by atoms with van der Waals surface area (Å²) in [6.07, 6.45) is 0.834. The summed E-state index contributed by atoms with van der Waals surface area (Å²) in [7, 11) is 0. The number of aliphatic imine (C=N–C) groups is 1. The first-order valence-corrected chi connectivity index (χ1v) is 15.2. The number of halogens is 1. The second-order valence-corrected chi connectivity index (χ2v) is 12.0. The molecule has 0 aliphatic rings. The van der Waals surface area contributed by atoms with E-state index in [-0.39, 0.29) is 50.0 Å². The lowest BCUT2D eigenvalue weighted by atomic mass is 9.98. The summed E-state index contributed by atoms with van der Waals surface area (Å²) in [6, 6.07) is -0.479. The first-order chi connectivity index (χ1) is 21.5. The Bertz CT molecular complexity index is 1190. The number of nitrogens with two attached hydrogens (primary N) is 4. The molecular weight excluding hydrogens is 601 g/mol. The molecule has 0 bridgehead atoms. The standard InChI is InChI=1S/C30H50FN9O6/c1-16(2)12-22(27(44)37-21(25(33)42)6-5-11-36-30(34)35)39-28(45)23(13-17(3)4)40-29(46)24(38-26(43)20(32)15-41)14-18-7-9-19(31)10-8-18/h7-10,16-17,20-24,41H,5-6,11-15,32H2,1-4H3,(H2,33,42)(H,37,44)(H,38,43)(H,39,45)(H,40,46)(H4,34,35,36)/t20-,21-,22-,23-,24-/m0/s1. The number of aliphatic hydroxyl groups is 1. The number of rotatable bonds is 20. The normalized spacial score (nSPS) is 14.4. The van der Waals surface area contributed by atoms with Gasteiger partial charge in [0.25, 0.3) is 0 Å². The summed E-state index contributed by atoms with van der Waals surface area (Å²) in [4.78, 5) is 68.8. The van der Waals surface area contributed by atoms with Crippen molar-refractivity contribution in [2.24, 2.45) is 39.8 Å². The number of carbonyl (C=O) groups is 5. The smallest absolute Gasteiger partial charge is 0.243 e. The van der Waals surface area contributed by atoms with Gasteiger partial charge in [-0.15, -0.1) is 0 Å². The molecule has 1 aromatic carbocycles. The largest absolute Gasteiger partial charge is 0.394 e. The Balaban J connectivity index is 3.18. The zero-order valence-electron chi connectivity index (χ0n) is 26.9. The van der Waals surface area contributed by atoms with Crippen LogP contribution in [0, 0.1) is 17.7 Å². The van der Waals surface area contributed by atoms with Crippen LogP contribution in [-0.4, -0.2) is 84.0 Å². The summed E-state index contributed by atoms with van der Waals surface area (Å²) in [5, 5.41) is 19.7. The van der Waals surface area contributed by atoms with Gasteiger partial charge in [-0.25, -0.2) is 4.39 Å². The van der Waals surface area contributed by atoms with Crippen LogP contribution in [0.1, 0.15) is 58.9 Å². The quantitative estimate of drug-likeness (QED) is 0.0439. The van der Waals surface area contributed by atoms with Gasteiger partial charge in [0.05, 0.1) is 6.61 Å². The second kappa shape index (κ2) is 19.9. The van der Waals surface area contributed by atoms with Crippen molar-refractivity contribution in [1.82, 2.24) is 21.3 Å². The average molecular weight is 652 g/mol. The summed E-state index contributed by atoms with van der Waals surface area (Å²) in [5.74, 6) is -4.33. The minimum atomic E-state index is -1.30. The van der Waals surface area contributed by atoms with Crippen molar-refractivity contribution in [1.29, 1.82) is 0 Å². The number of guanidine groups is 1. The van der Waals surface area contributed by atoms with E-state index in [4.69, 9.17) is 22.9 Å². The molecule has 1 rings (SSSR count). The van der Waals surface area contributed by atoms with Gasteiger partial charge in [-0.2, -0.15) is 0 Å². The fourth-order valence-corrected chi connectivity index (χ4v) is 4.44. The minimum Gasteiger partial charge on any atom is -0.394 e. The highest BCUT2D eigenvalue weighted by Crippen LogP contribution is 2.12. The molecule has 0 aromatic heterocycles. The third-order valence-corrected chi connectivity index (χ3v) is 6.80. The molecule has 13 N–H and O–H groups in total. The predicted molar refractivity (Wildman–Crippen MR) is 171 cm³/mol. The maximum Gasteiger partial charge on any atom is 0.243 e. The highest BCUT2D eigenvalue weighted by atomic mass is 19.1. The lowest BCUT2D eigenvalue weighted by Crippen LogP contribution is -2.59. The Hall–Kier alpha value is -4.31. The topological polar surface area (TPSA) is 270 Å². The van der Waals surface area contributed by atoms with Crippen LogP contribution in [0.2, 0.25) is 0 Å². The Morgan fingerprint density at radius 3 is 1.65 bits per heavy atom. The van der Waals surface area contributed by atoms with Crippen LogP contribution in [-0.2, 0) is 30.4 Å². The van der Waals surface area contributed by atoms with Crippen molar-refractivity contribution in [2.75, 3.05) is 13.2 Å². The Labute approximate surface area is 268 Å². The molecule has 258 valence electrons. The summed E-state index contributed by atoms with van der Waals surface area (Å²) in [6.45, 7) is 6.92. The summed E-state index contributed by atoms with van der Waals surface area (Å²) in [5.41, 5.74) is 22.3. The molecule has 0 unspecified atom stereocenters. The van der Waals surface area contributed by atoms with Crippen LogP contribution >= 0.6 is 0 Å². The molecule has 0 saturated carbocycles. The van der Waals surface area contributed by atoms with E-state index < -0.39 is 72.2 Å². The van der Waals surface area contributed by atoms with Crippen molar-refractivity contribution >= 4 is 35.5 Å². The van der Waals surface area contributed by atoms with Gasteiger partial charge in [-0.3, -0.25) is 29.0 Å². The molecule has 0 heterocycles. The number of nitrogens with one attached hydrogen (secondary N) is 4. The molecule has 15 nitrogen and oxygen atoms in total. The molecule has 0 radical (unpaired) electrons. The third-order valence-electron chi connectivity index (χ3n) is 6.80. The molecule has 0 spiro atoms. The number of aliphatic hydroxyl groups excluding tert-OH is 1. The zero-order chi connectivity index (χ0) is 35.0. The van der Waals surface area contributed by atoms with Crippen LogP contribution < -0.4 is 44.2 Å². The van der Waals surface area contributed by atoms with Crippen LogP contribution in [0.4, 0.5) is 4.39 Å². The third kappa shape index (κ3) is 15.1. The van der Waals surface area contributed by atoms with Gasteiger partial charge < -0.3 is 49.3 Å². The van der Waals surface area contributed by atoms with Gasteiger partial charge in [0.15, 0.2) is 5.96 Å². The maximum absolute atomic E-state index is 13.6. The van der Waals surface area contributed by atoms with E-state index in [2.05, 4.69) is 26.3 Å². The first kappa shape index (κ1) is 39.7. The zero-order valence-corrected chi connectivity index (χ0v) is 26.9. The van der Waals surface area contributed by atoms with E-state index in [1.54, 1.807) is 0 Å². The Morgan fingerprint density at radius 1 is 0.761 bits per heavy atom. The van der Waals surface area contributed by atoms with Crippen molar-refractivity contribution in [3.63, 3.8) is 0 Å². The molecule has 0 aliphatic heterocycles. The first-order valence-electron chi connectivity index (χ1n) is 15.2. The molecule has 5 atom stereocenters. The van der Waals surface area contributed by atoms with E-state index >= 15 is 0 Å². The predicted octanol–water partition coefficient (Wildman–Crippen LogP) is -1.74. The Kier molecular flexibility index (Phi) is 17.2. The lowest BCUT2D eigenvalue weighted by Gasteiger charge is -2.28. The Morgan fingerprint density at radius 2 is 1.22 bits per heavy atom. The van der Waals surface area contributed by atoms with E-state index in [1.807, 2.05) is 27.7 Å². The lowest BCUT2D eigenvalue weighted by molar-refractivity contribution is -0.135. The van der Waals surface area contributed by atoms with Crippen molar-refractivity contribution < 1.29 is 33.5 Å². The van der Waals surface area contributed by atoms with Crippen molar-refractivity contribution in [3.8, 4) is 0 Å². The number of primary amides is 1. The molecule has 0 saturated heterocycles. The van der Waals surface area contributed by atoms with Crippen molar-refractivity contribution in [3.05, 3.63) is 35.6 Å². The number of hydrogen-bond donors (Lipinski definition) is 9. The second-order valence-electron chi connectivity index (χ2n) is 12.0. The number of carbonyl (C=O) groups excluding carboxylic acids is 5. The monoisotopic (exact) mass is 651 g/mol. The maximum atomic E-state index is 13.6. The van der Waals surface area contributed by atoms with Crippen LogP contribution in [0.3, 0.4) is 0 Å². The fourth-order valence-electron chi connectivity index (χ4n) is 4.44. The van der Waals surface area contributed by atoms with Gasteiger partial charge in [-0.1, -0.05) is 39.8 Å². The summed E-state index contributed by atoms with van der Waals surface area (Å²) >= 11 is 0. The summed E-state index contributed by atoms with van der Waals surface area (Å²) < 4.78 is 13.5. The molecule has 16 heteroatoms. The van der Waals surface area contributed by atoms with Crippen molar-refractivity contribution in [2.45, 2.75) is 90.0 Å². The van der Waals surface area contributed by atoms with Gasteiger partial charge in [-0.05, 0) is 55.2 Å². The molecule has 1 aromatic rings. The fraction of sp³-hybridized carbons (Fsp3) is 0.600. The van der Waals surface area contributed by atoms with E-state index in [9.17, 15) is 33.5 Å². The molecule has 0 aliphatic carbocycles. The highest BCUT2D eigenvalue weighted by Gasteiger charge is 2.32. The average Bonchev–Trinajstić information content (AvgIpc) is 2.97. The van der Waals surface area contributed by atoms with E-state index in [1.165, 1.54) is 24.3 Å². The number of benzene rings is 1. The van der Waals surface area contributed by atoms with Crippen LogP contribution in [0.25, 0.3) is 0 Å². The molecular formula is C30H50FN9O6. The van der Waals surface area contributed by atoms with Gasteiger partial charge in [0.1, 0.15) is 36.0 Å². The van der Waals surface area contributed by atoms with Gasteiger partial charge in [0.2, 0.25) is 29.5 Å². The number of nitrogens with zero attached hydrogens (tertiary/aromatic N) is 1. The number of amides is 5. The van der Waals surface area contributed by atoms with Crippen LogP contribution in [0.5, 0.6) is 0 Å². The van der Waals surface area contributed by atoms with Crippen LogP contribution in [0.15, 0.2) is 29.3 Å². The minimum absolute atomic E-state index is 0.0471. The molecule has 46 heavy (non-hydrogen) atoms. The highest BCUT2D eigenvalue weighted by molar-refractivity contribution is 5.95. The van der Waals surface area contributed by atoms with Gasteiger partial charge in [0, 0.05) is 13.0 Å². The SMILES string of the molecule is CC(C)C[C@H](NC(=O)[C@H](CC(C)C)NC(=O)[C@H](Cc1ccc(F)cc1)NC(=O)[C@@H](N)CO)C(=O)N[C@@H](CCCN=C(N)N)C(N)=O. The number of hydrogen-bond acceptors (Lipinski definition) is 8. The van der Waals surface area contributed by atoms with E-state index in [0.29, 0.717) is 12.0 Å². The molecule has 0 fully saturated rings. The van der Waals surface area contributed by atoms with E-state index in [0.717, 1.165) is 0 Å². The molecule has 5 amide bonds.